The highest BCUT2D eigenvalue weighted by molar-refractivity contribution is 5.08. The molecule has 5 unspecified atom stereocenters. The lowest BCUT2D eigenvalue weighted by Crippen LogP contribution is -2.70. The number of hydrogen-bond acceptors (Lipinski definition) is 3. The summed E-state index contributed by atoms with van der Waals surface area (Å²) < 4.78 is 13.0. The van der Waals surface area contributed by atoms with Crippen LogP contribution < -0.4 is 0 Å². The van der Waals surface area contributed by atoms with Gasteiger partial charge in [0.25, 0.3) is 0 Å². The third-order valence-corrected chi connectivity index (χ3v) is 8.41. The third kappa shape index (κ3) is 5.79. The molecule has 0 amide bonds. The molecule has 4 heteroatoms. The van der Waals surface area contributed by atoms with Crippen LogP contribution in [0.25, 0.3) is 0 Å². The Kier molecular flexibility index (Phi) is 10.1. The van der Waals surface area contributed by atoms with E-state index in [4.69, 9.17) is 9.47 Å². The zero-order chi connectivity index (χ0) is 22.3. The minimum atomic E-state index is -0.598. The summed E-state index contributed by atoms with van der Waals surface area (Å²) in [4.78, 5) is 0. The quantitative estimate of drug-likeness (QED) is 0.289. The van der Waals surface area contributed by atoms with Crippen molar-refractivity contribution < 1.29 is 14.7 Å². The summed E-state index contributed by atoms with van der Waals surface area (Å²) in [6.45, 7) is 13.5. The molecular formula is C26H50NO3. The van der Waals surface area contributed by atoms with Crippen LogP contribution in [0.4, 0.5) is 0 Å². The minimum absolute atomic E-state index is 0.0600. The summed E-state index contributed by atoms with van der Waals surface area (Å²) in [6.07, 6.45) is 17.1. The molecule has 177 valence electrons. The molecule has 30 heavy (non-hydrogen) atoms. The maximum Gasteiger partial charge on any atom is 0.175 e. The Labute approximate surface area is 187 Å². The lowest BCUT2D eigenvalue weighted by atomic mass is 9.67. The van der Waals surface area contributed by atoms with E-state index in [1.54, 1.807) is 0 Å². The van der Waals surface area contributed by atoms with Crippen molar-refractivity contribution in [3.63, 3.8) is 0 Å². The fraction of sp³-hybridized carbons (Fsp3) is 1.00. The molecule has 5 atom stereocenters. The van der Waals surface area contributed by atoms with Crippen molar-refractivity contribution in [2.75, 3.05) is 6.61 Å². The molecule has 2 heterocycles. The van der Waals surface area contributed by atoms with Crippen molar-refractivity contribution in [3.05, 3.63) is 0 Å². The van der Waals surface area contributed by atoms with E-state index >= 15 is 0 Å². The van der Waals surface area contributed by atoms with Gasteiger partial charge in [0.1, 0.15) is 0 Å². The maximum absolute atomic E-state index is 13.2. The van der Waals surface area contributed by atoms with Crippen LogP contribution in [0, 0.1) is 5.92 Å². The molecule has 2 aliphatic heterocycles. The van der Waals surface area contributed by atoms with Crippen LogP contribution in [0.3, 0.4) is 0 Å². The van der Waals surface area contributed by atoms with Crippen LogP contribution in [0.1, 0.15) is 131 Å². The van der Waals surface area contributed by atoms with Crippen LogP contribution in [-0.2, 0) is 14.7 Å². The Hall–Kier alpha value is -0.160. The standard InChI is InChI=1S/C26H50NO3/c1-7-10-11-12-13-14-15-16-17-18-19-23-20-29-26(30-23)21-24(5,8-2)27(28)25(6,9-3)22(26)4/h22-23H,7-21H2,1-6H3. The highest BCUT2D eigenvalue weighted by Gasteiger charge is 2.63. The van der Waals surface area contributed by atoms with E-state index in [-0.39, 0.29) is 12.0 Å². The monoisotopic (exact) mass is 424 g/mol. The number of unbranched alkanes of at least 4 members (excludes halogenated alkanes) is 9. The van der Waals surface area contributed by atoms with Gasteiger partial charge in [-0.05, 0) is 33.1 Å². The Bertz CT molecular complexity index is 501. The van der Waals surface area contributed by atoms with Crippen molar-refractivity contribution in [2.24, 2.45) is 5.92 Å². The molecule has 2 rings (SSSR count). The molecule has 0 N–H and O–H groups in total. The molecule has 4 nitrogen and oxygen atoms in total. The SMILES string of the molecule is CCCCCCCCCCCCC1COC2(CC(C)(CC)N([O])C(C)(CC)C2C)O1. The lowest BCUT2D eigenvalue weighted by Gasteiger charge is -2.59. The molecule has 2 aliphatic rings. The van der Waals surface area contributed by atoms with Crippen LogP contribution in [0.15, 0.2) is 0 Å². The molecule has 0 aromatic carbocycles. The topological polar surface area (TPSA) is 41.6 Å². The van der Waals surface area contributed by atoms with Gasteiger partial charge < -0.3 is 9.47 Å². The second kappa shape index (κ2) is 11.6. The van der Waals surface area contributed by atoms with Crippen molar-refractivity contribution in [2.45, 2.75) is 154 Å². The van der Waals surface area contributed by atoms with E-state index in [0.29, 0.717) is 13.0 Å². The fourth-order valence-electron chi connectivity index (χ4n) is 5.65. The van der Waals surface area contributed by atoms with Crippen LogP contribution in [0.5, 0.6) is 0 Å². The fourth-order valence-corrected chi connectivity index (χ4v) is 5.65. The molecule has 0 bridgehead atoms. The van der Waals surface area contributed by atoms with Gasteiger partial charge in [0.05, 0.1) is 23.8 Å². The molecule has 1 radical (unpaired) electrons. The van der Waals surface area contributed by atoms with Gasteiger partial charge in [-0.15, -0.1) is 10.3 Å². The first-order valence-electron chi connectivity index (χ1n) is 13.1. The first-order valence-corrected chi connectivity index (χ1v) is 13.1. The molecular weight excluding hydrogens is 374 g/mol. The number of hydrogen-bond donors (Lipinski definition) is 0. The second-order valence-electron chi connectivity index (χ2n) is 10.6. The first kappa shape index (κ1) is 26.1. The summed E-state index contributed by atoms with van der Waals surface area (Å²) in [7, 11) is 0. The average molecular weight is 425 g/mol. The van der Waals surface area contributed by atoms with Crippen molar-refractivity contribution >= 4 is 0 Å². The largest absolute Gasteiger partial charge is 0.347 e. The van der Waals surface area contributed by atoms with Crippen LogP contribution in [-0.4, -0.2) is 34.6 Å². The van der Waals surface area contributed by atoms with Gasteiger partial charge in [-0.2, -0.15) is 0 Å². The molecule has 2 saturated heterocycles. The van der Waals surface area contributed by atoms with E-state index < -0.39 is 16.9 Å². The van der Waals surface area contributed by atoms with E-state index in [1.165, 1.54) is 69.3 Å². The van der Waals surface area contributed by atoms with Crippen molar-refractivity contribution in [1.29, 1.82) is 0 Å². The zero-order valence-electron chi connectivity index (χ0n) is 20.9. The van der Waals surface area contributed by atoms with E-state index in [0.717, 1.165) is 19.3 Å². The predicted molar refractivity (Wildman–Crippen MR) is 124 cm³/mol. The summed E-state index contributed by atoms with van der Waals surface area (Å²) in [5.41, 5.74) is -0.877. The van der Waals surface area contributed by atoms with Gasteiger partial charge in [-0.3, -0.25) is 0 Å². The van der Waals surface area contributed by atoms with Gasteiger partial charge in [0, 0.05) is 12.3 Å². The predicted octanol–water partition coefficient (Wildman–Crippen LogP) is 7.43. The molecule has 1 spiro atoms. The molecule has 0 aromatic heterocycles. The number of hydroxylamine groups is 2. The van der Waals surface area contributed by atoms with Gasteiger partial charge in [-0.1, -0.05) is 91.9 Å². The summed E-state index contributed by atoms with van der Waals surface area (Å²) in [6, 6.07) is 0. The maximum atomic E-state index is 13.2. The molecule has 2 fully saturated rings. The number of rotatable bonds is 13. The lowest BCUT2D eigenvalue weighted by molar-refractivity contribution is -0.374. The highest BCUT2D eigenvalue weighted by Crippen LogP contribution is 2.53. The van der Waals surface area contributed by atoms with Gasteiger partial charge in [-0.25, -0.2) is 0 Å². The molecule has 0 aliphatic carbocycles. The Balaban J connectivity index is 1.77. The summed E-state index contributed by atoms with van der Waals surface area (Å²) in [5.74, 6) is -0.538. The average Bonchev–Trinajstić information content (AvgIpc) is 3.15. The third-order valence-electron chi connectivity index (χ3n) is 8.41. The van der Waals surface area contributed by atoms with Crippen LogP contribution in [0.2, 0.25) is 0 Å². The normalized spacial score (nSPS) is 37.3. The Morgan fingerprint density at radius 1 is 0.867 bits per heavy atom. The van der Waals surface area contributed by atoms with Crippen molar-refractivity contribution in [1.82, 2.24) is 5.06 Å². The Morgan fingerprint density at radius 2 is 1.43 bits per heavy atom. The summed E-state index contributed by atoms with van der Waals surface area (Å²) in [5, 5.41) is 14.6. The first-order chi connectivity index (χ1) is 14.3. The van der Waals surface area contributed by atoms with E-state index in [9.17, 15) is 5.21 Å². The molecule has 0 aromatic rings. The number of ether oxygens (including phenoxy) is 2. The van der Waals surface area contributed by atoms with E-state index in [1.807, 2.05) is 0 Å². The van der Waals surface area contributed by atoms with E-state index in [2.05, 4.69) is 41.5 Å². The Morgan fingerprint density at radius 3 is 1.97 bits per heavy atom. The molecule has 0 saturated carbocycles. The smallest absolute Gasteiger partial charge is 0.175 e. The zero-order valence-corrected chi connectivity index (χ0v) is 20.9. The number of nitrogens with zero attached hydrogens (tertiary/aromatic N) is 1. The van der Waals surface area contributed by atoms with Crippen molar-refractivity contribution in [3.8, 4) is 0 Å². The van der Waals surface area contributed by atoms with Gasteiger partial charge >= 0.3 is 0 Å². The second-order valence-corrected chi connectivity index (χ2v) is 10.6. The summed E-state index contributed by atoms with van der Waals surface area (Å²) >= 11 is 0. The minimum Gasteiger partial charge on any atom is -0.347 e. The number of piperidine rings is 1. The van der Waals surface area contributed by atoms with Crippen LogP contribution >= 0.6 is 0 Å². The van der Waals surface area contributed by atoms with Gasteiger partial charge in [0.15, 0.2) is 5.79 Å². The van der Waals surface area contributed by atoms with Gasteiger partial charge in [0.2, 0.25) is 0 Å². The highest BCUT2D eigenvalue weighted by atomic mass is 16.7.